The predicted molar refractivity (Wildman–Crippen MR) is 69.6 cm³/mol. The van der Waals surface area contributed by atoms with Crippen LogP contribution in [0.2, 0.25) is 0 Å². The van der Waals surface area contributed by atoms with Crippen molar-refractivity contribution in [3.05, 3.63) is 29.3 Å². The Hall–Kier alpha value is -2.21. The van der Waals surface area contributed by atoms with Crippen LogP contribution < -0.4 is 10.1 Å². The monoisotopic (exact) mass is 274 g/mol. The molecule has 0 aliphatic carbocycles. The standard InChI is InChI=1S/C14H14N2O4/c17-11(6-16-7-13(18)15-14(19)8-16)9-1-2-12-10(5-9)3-4-20-12/h1-2,5H,3-4,6-8H2,(H,15,18,19). The second-order valence-corrected chi connectivity index (χ2v) is 4.96. The molecule has 1 N–H and O–H groups in total. The molecule has 2 amide bonds. The Bertz CT molecular complexity index is 581. The van der Waals surface area contributed by atoms with E-state index >= 15 is 0 Å². The molecule has 6 heteroatoms. The molecule has 1 aromatic rings. The molecule has 2 aliphatic heterocycles. The van der Waals surface area contributed by atoms with Crippen LogP contribution in [-0.2, 0) is 16.0 Å². The van der Waals surface area contributed by atoms with Crippen molar-refractivity contribution in [3.8, 4) is 5.75 Å². The molecule has 2 heterocycles. The van der Waals surface area contributed by atoms with Crippen LogP contribution in [0.5, 0.6) is 5.75 Å². The van der Waals surface area contributed by atoms with E-state index in [4.69, 9.17) is 4.74 Å². The fourth-order valence-electron chi connectivity index (χ4n) is 2.46. The third-order valence-electron chi connectivity index (χ3n) is 3.39. The van der Waals surface area contributed by atoms with Gasteiger partial charge in [0.2, 0.25) is 11.8 Å². The maximum Gasteiger partial charge on any atom is 0.240 e. The summed E-state index contributed by atoms with van der Waals surface area (Å²) in [7, 11) is 0. The van der Waals surface area contributed by atoms with Crippen molar-refractivity contribution in [2.45, 2.75) is 6.42 Å². The number of benzene rings is 1. The van der Waals surface area contributed by atoms with Crippen molar-refractivity contribution in [2.75, 3.05) is 26.2 Å². The SMILES string of the molecule is O=C1CN(CC(=O)c2ccc3c(c2)CCO3)CC(=O)N1. The van der Waals surface area contributed by atoms with Crippen molar-refractivity contribution in [1.82, 2.24) is 10.2 Å². The van der Waals surface area contributed by atoms with Gasteiger partial charge in [-0.1, -0.05) is 0 Å². The molecule has 0 bridgehead atoms. The first kappa shape index (κ1) is 12.8. The number of hydrogen-bond acceptors (Lipinski definition) is 5. The van der Waals surface area contributed by atoms with Gasteiger partial charge in [0.25, 0.3) is 0 Å². The number of imide groups is 1. The van der Waals surface area contributed by atoms with E-state index in [1.807, 2.05) is 6.07 Å². The maximum absolute atomic E-state index is 12.2. The van der Waals surface area contributed by atoms with Crippen LogP contribution in [0.15, 0.2) is 18.2 Å². The molecule has 0 atom stereocenters. The minimum atomic E-state index is -0.364. The van der Waals surface area contributed by atoms with Gasteiger partial charge in [-0.2, -0.15) is 0 Å². The molecule has 0 aromatic heterocycles. The minimum Gasteiger partial charge on any atom is -0.493 e. The minimum absolute atomic E-state index is 0.0683. The molecule has 0 spiro atoms. The van der Waals surface area contributed by atoms with Crippen LogP contribution in [0.1, 0.15) is 15.9 Å². The third kappa shape index (κ3) is 2.55. The fourth-order valence-corrected chi connectivity index (χ4v) is 2.46. The summed E-state index contributed by atoms with van der Waals surface area (Å²) < 4.78 is 5.39. The van der Waals surface area contributed by atoms with Gasteiger partial charge in [0.1, 0.15) is 5.75 Å². The lowest BCUT2D eigenvalue weighted by Gasteiger charge is -2.24. The molecule has 20 heavy (non-hydrogen) atoms. The Labute approximate surface area is 115 Å². The van der Waals surface area contributed by atoms with Gasteiger partial charge in [-0.05, 0) is 23.8 Å². The summed E-state index contributed by atoms with van der Waals surface area (Å²) in [6.07, 6.45) is 0.807. The van der Waals surface area contributed by atoms with E-state index in [9.17, 15) is 14.4 Å². The normalized spacial score (nSPS) is 18.4. The number of rotatable bonds is 3. The van der Waals surface area contributed by atoms with E-state index < -0.39 is 0 Å². The number of nitrogens with zero attached hydrogens (tertiary/aromatic N) is 1. The second kappa shape index (κ2) is 5.05. The van der Waals surface area contributed by atoms with E-state index in [1.165, 1.54) is 0 Å². The van der Waals surface area contributed by atoms with Crippen molar-refractivity contribution < 1.29 is 19.1 Å². The van der Waals surface area contributed by atoms with Gasteiger partial charge in [0.15, 0.2) is 5.78 Å². The lowest BCUT2D eigenvalue weighted by molar-refractivity contribution is -0.135. The first-order valence-corrected chi connectivity index (χ1v) is 6.46. The summed E-state index contributed by atoms with van der Waals surface area (Å²) in [5.41, 5.74) is 1.62. The molecular weight excluding hydrogens is 260 g/mol. The third-order valence-corrected chi connectivity index (χ3v) is 3.39. The highest BCUT2D eigenvalue weighted by Crippen LogP contribution is 2.26. The number of ether oxygens (including phenoxy) is 1. The number of amides is 2. The number of carbonyl (C=O) groups is 3. The van der Waals surface area contributed by atoms with Gasteiger partial charge in [0.05, 0.1) is 26.2 Å². The lowest BCUT2D eigenvalue weighted by atomic mass is 10.0. The Kier molecular flexibility index (Phi) is 3.23. The smallest absolute Gasteiger partial charge is 0.240 e. The Balaban J connectivity index is 1.70. The largest absolute Gasteiger partial charge is 0.493 e. The summed E-state index contributed by atoms with van der Waals surface area (Å²) >= 11 is 0. The number of nitrogens with one attached hydrogen (secondary N) is 1. The van der Waals surface area contributed by atoms with E-state index in [2.05, 4.69) is 5.32 Å². The van der Waals surface area contributed by atoms with Crippen molar-refractivity contribution >= 4 is 17.6 Å². The number of hydrogen-bond donors (Lipinski definition) is 1. The highest BCUT2D eigenvalue weighted by atomic mass is 16.5. The highest BCUT2D eigenvalue weighted by molar-refractivity contribution is 6.02. The molecular formula is C14H14N2O4. The highest BCUT2D eigenvalue weighted by Gasteiger charge is 2.25. The second-order valence-electron chi connectivity index (χ2n) is 4.96. The number of Topliss-reactive ketones (excluding diaryl/α,β-unsaturated/α-hetero) is 1. The average Bonchev–Trinajstić information content (AvgIpc) is 2.84. The van der Waals surface area contributed by atoms with Crippen LogP contribution in [0, 0.1) is 0 Å². The maximum atomic E-state index is 12.2. The number of piperazine rings is 1. The van der Waals surface area contributed by atoms with Crippen LogP contribution in [0.25, 0.3) is 0 Å². The Morgan fingerprint density at radius 3 is 2.75 bits per heavy atom. The quantitative estimate of drug-likeness (QED) is 0.608. The summed E-state index contributed by atoms with van der Waals surface area (Å²) in [5.74, 6) is 0.00378. The van der Waals surface area contributed by atoms with E-state index in [1.54, 1.807) is 17.0 Å². The molecule has 1 saturated heterocycles. The van der Waals surface area contributed by atoms with Crippen LogP contribution in [0.3, 0.4) is 0 Å². The molecule has 6 nitrogen and oxygen atoms in total. The Morgan fingerprint density at radius 1 is 1.25 bits per heavy atom. The van der Waals surface area contributed by atoms with E-state index in [0.29, 0.717) is 12.2 Å². The van der Waals surface area contributed by atoms with Crippen LogP contribution in [-0.4, -0.2) is 48.7 Å². The summed E-state index contributed by atoms with van der Waals surface area (Å²) in [6, 6.07) is 5.35. The zero-order chi connectivity index (χ0) is 14.1. The van der Waals surface area contributed by atoms with Gasteiger partial charge in [0, 0.05) is 12.0 Å². The molecule has 0 saturated carbocycles. The van der Waals surface area contributed by atoms with E-state index in [0.717, 1.165) is 17.7 Å². The molecule has 0 radical (unpaired) electrons. The average molecular weight is 274 g/mol. The zero-order valence-corrected chi connectivity index (χ0v) is 10.8. The molecule has 1 fully saturated rings. The Morgan fingerprint density at radius 2 is 2.00 bits per heavy atom. The number of fused-ring (bicyclic) bond motifs is 1. The van der Waals surface area contributed by atoms with Gasteiger partial charge in [-0.25, -0.2) is 0 Å². The van der Waals surface area contributed by atoms with Gasteiger partial charge < -0.3 is 4.74 Å². The molecule has 0 unspecified atom stereocenters. The van der Waals surface area contributed by atoms with Crippen LogP contribution >= 0.6 is 0 Å². The molecule has 104 valence electrons. The summed E-state index contributed by atoms with van der Waals surface area (Å²) in [6.45, 7) is 0.865. The topological polar surface area (TPSA) is 75.7 Å². The molecule has 3 rings (SSSR count). The zero-order valence-electron chi connectivity index (χ0n) is 10.8. The van der Waals surface area contributed by atoms with Crippen molar-refractivity contribution in [2.24, 2.45) is 0 Å². The van der Waals surface area contributed by atoms with Crippen LogP contribution in [0.4, 0.5) is 0 Å². The van der Waals surface area contributed by atoms with Gasteiger partial charge >= 0.3 is 0 Å². The lowest BCUT2D eigenvalue weighted by Crippen LogP contribution is -2.52. The fraction of sp³-hybridized carbons (Fsp3) is 0.357. The summed E-state index contributed by atoms with van der Waals surface area (Å²) in [5, 5.41) is 2.21. The first-order chi connectivity index (χ1) is 9.61. The van der Waals surface area contributed by atoms with E-state index in [-0.39, 0.29) is 37.2 Å². The molecule has 2 aliphatic rings. The molecule has 1 aromatic carbocycles. The van der Waals surface area contributed by atoms with Gasteiger partial charge in [-0.15, -0.1) is 0 Å². The van der Waals surface area contributed by atoms with Crippen molar-refractivity contribution in [1.29, 1.82) is 0 Å². The van der Waals surface area contributed by atoms with Crippen molar-refractivity contribution in [3.63, 3.8) is 0 Å². The summed E-state index contributed by atoms with van der Waals surface area (Å²) in [4.78, 5) is 36.3. The first-order valence-electron chi connectivity index (χ1n) is 6.46. The van der Waals surface area contributed by atoms with Gasteiger partial charge in [-0.3, -0.25) is 24.6 Å². The predicted octanol–water partition coefficient (Wildman–Crippen LogP) is -0.237. The number of carbonyl (C=O) groups excluding carboxylic acids is 3. The number of ketones is 1.